The summed E-state index contributed by atoms with van der Waals surface area (Å²) >= 11 is 0. The molecule has 0 aromatic heterocycles. The van der Waals surface area contributed by atoms with Gasteiger partial charge >= 0.3 is 0 Å². The van der Waals surface area contributed by atoms with E-state index in [0.29, 0.717) is 5.69 Å². The summed E-state index contributed by atoms with van der Waals surface area (Å²) in [5.41, 5.74) is 0.590. The predicted octanol–water partition coefficient (Wildman–Crippen LogP) is 1.08. The number of hydrogen-bond acceptors (Lipinski definition) is 2. The summed E-state index contributed by atoms with van der Waals surface area (Å²) in [5.74, 6) is -0.726. The van der Waals surface area contributed by atoms with Crippen LogP contribution in [0.15, 0.2) is 18.2 Å². The lowest BCUT2D eigenvalue weighted by Crippen LogP contribution is -2.05. The van der Waals surface area contributed by atoms with Crippen molar-refractivity contribution < 1.29 is 12.8 Å². The van der Waals surface area contributed by atoms with Gasteiger partial charge in [-0.05, 0) is 12.1 Å². The van der Waals surface area contributed by atoms with E-state index in [1.807, 2.05) is 0 Å². The summed E-state index contributed by atoms with van der Waals surface area (Å²) in [5, 5.41) is 0. The summed E-state index contributed by atoms with van der Waals surface area (Å²) in [4.78, 5) is 0. The Morgan fingerprint density at radius 3 is 2.83 bits per heavy atom. The van der Waals surface area contributed by atoms with Crippen molar-refractivity contribution >= 4 is 15.7 Å². The third kappa shape index (κ3) is 1.06. The minimum atomic E-state index is -3.32. The van der Waals surface area contributed by atoms with Crippen LogP contribution in [0.25, 0.3) is 0 Å². The van der Waals surface area contributed by atoms with Gasteiger partial charge in [-0.3, -0.25) is 4.72 Å². The van der Waals surface area contributed by atoms with Crippen molar-refractivity contribution in [3.05, 3.63) is 29.6 Å². The molecule has 1 aliphatic heterocycles. The van der Waals surface area contributed by atoms with Gasteiger partial charge < -0.3 is 0 Å². The Morgan fingerprint density at radius 2 is 2.17 bits per heavy atom. The maximum Gasteiger partial charge on any atom is 0.237 e. The third-order valence-electron chi connectivity index (χ3n) is 1.72. The van der Waals surface area contributed by atoms with E-state index in [0.717, 1.165) is 0 Å². The monoisotopic (exact) mass is 187 g/mol. The molecule has 0 bridgehead atoms. The van der Waals surface area contributed by atoms with Gasteiger partial charge in [-0.15, -0.1) is 0 Å². The van der Waals surface area contributed by atoms with E-state index >= 15 is 0 Å². The number of anilines is 1. The molecular formula is C7H6FNO2S. The number of hydrogen-bond donors (Lipinski definition) is 1. The van der Waals surface area contributed by atoms with Crippen molar-refractivity contribution in [2.75, 3.05) is 4.72 Å². The molecule has 12 heavy (non-hydrogen) atoms. The third-order valence-corrected chi connectivity index (χ3v) is 2.92. The summed E-state index contributed by atoms with van der Waals surface area (Å²) in [6, 6.07) is 4.27. The van der Waals surface area contributed by atoms with Crippen LogP contribution in [0.2, 0.25) is 0 Å². The smallest absolute Gasteiger partial charge is 0.237 e. The van der Waals surface area contributed by atoms with Crippen LogP contribution >= 0.6 is 0 Å². The number of nitrogens with one attached hydrogen (secondary N) is 1. The molecule has 5 heteroatoms. The lowest BCUT2D eigenvalue weighted by molar-refractivity contribution is 0.596. The second kappa shape index (κ2) is 2.20. The largest absolute Gasteiger partial charge is 0.283 e. The zero-order chi connectivity index (χ0) is 8.77. The van der Waals surface area contributed by atoms with Gasteiger partial charge in [0.05, 0.1) is 11.4 Å². The maximum absolute atomic E-state index is 12.9. The molecule has 1 N–H and O–H groups in total. The lowest BCUT2D eigenvalue weighted by atomic mass is 10.2. The fourth-order valence-electron chi connectivity index (χ4n) is 1.19. The van der Waals surface area contributed by atoms with Crippen molar-refractivity contribution in [2.24, 2.45) is 0 Å². The summed E-state index contributed by atoms with van der Waals surface area (Å²) in [7, 11) is -3.32. The molecule has 0 atom stereocenters. The van der Waals surface area contributed by atoms with E-state index in [1.54, 1.807) is 6.07 Å². The van der Waals surface area contributed by atoms with E-state index in [-0.39, 0.29) is 11.3 Å². The van der Waals surface area contributed by atoms with Crippen molar-refractivity contribution in [1.29, 1.82) is 0 Å². The van der Waals surface area contributed by atoms with E-state index in [9.17, 15) is 12.8 Å². The van der Waals surface area contributed by atoms with E-state index in [4.69, 9.17) is 0 Å². The van der Waals surface area contributed by atoms with Crippen molar-refractivity contribution in [3.63, 3.8) is 0 Å². The van der Waals surface area contributed by atoms with Gasteiger partial charge in [0.2, 0.25) is 10.0 Å². The molecule has 1 heterocycles. The van der Waals surface area contributed by atoms with Crippen LogP contribution in [0.5, 0.6) is 0 Å². The molecule has 1 aromatic rings. The van der Waals surface area contributed by atoms with Crippen LogP contribution in [-0.2, 0) is 15.8 Å². The molecule has 2 rings (SSSR count). The molecule has 0 amide bonds. The molecule has 0 saturated carbocycles. The number of sulfonamides is 1. The molecule has 64 valence electrons. The maximum atomic E-state index is 12.9. The Morgan fingerprint density at radius 1 is 1.42 bits per heavy atom. The zero-order valence-corrected chi connectivity index (χ0v) is 6.86. The fourth-order valence-corrected chi connectivity index (χ4v) is 2.47. The summed E-state index contributed by atoms with van der Waals surface area (Å²) in [6.45, 7) is 0. The molecule has 3 nitrogen and oxygen atoms in total. The first-order chi connectivity index (χ1) is 5.58. The Hall–Kier alpha value is -1.10. The number of fused-ring (bicyclic) bond motifs is 1. The highest BCUT2D eigenvalue weighted by Crippen LogP contribution is 2.28. The normalized spacial score (nSPS) is 18.4. The van der Waals surface area contributed by atoms with Crippen LogP contribution in [-0.4, -0.2) is 8.42 Å². The van der Waals surface area contributed by atoms with Gasteiger partial charge in [0, 0.05) is 5.56 Å². The highest BCUT2D eigenvalue weighted by atomic mass is 32.2. The minimum absolute atomic E-state index is 0.234. The first-order valence-corrected chi connectivity index (χ1v) is 5.01. The fraction of sp³-hybridized carbons (Fsp3) is 0.143. The van der Waals surface area contributed by atoms with E-state index in [2.05, 4.69) is 4.72 Å². The molecule has 0 fully saturated rings. The number of rotatable bonds is 0. The van der Waals surface area contributed by atoms with Crippen LogP contribution in [0.4, 0.5) is 10.1 Å². The molecular weight excluding hydrogens is 181 g/mol. The average Bonchev–Trinajstić information content (AvgIpc) is 2.25. The highest BCUT2D eigenvalue weighted by molar-refractivity contribution is 7.92. The van der Waals surface area contributed by atoms with Gasteiger partial charge in [-0.25, -0.2) is 12.8 Å². The predicted molar refractivity (Wildman–Crippen MR) is 42.6 cm³/mol. The van der Waals surface area contributed by atoms with Crippen LogP contribution in [0.1, 0.15) is 5.56 Å². The van der Waals surface area contributed by atoms with E-state index in [1.165, 1.54) is 12.1 Å². The summed E-state index contributed by atoms with van der Waals surface area (Å²) in [6.07, 6.45) is 0. The zero-order valence-electron chi connectivity index (χ0n) is 6.04. The van der Waals surface area contributed by atoms with Gasteiger partial charge in [-0.2, -0.15) is 0 Å². The van der Waals surface area contributed by atoms with E-state index < -0.39 is 15.8 Å². The molecule has 0 saturated heterocycles. The Kier molecular flexibility index (Phi) is 1.38. The molecule has 0 unspecified atom stereocenters. The molecule has 0 aliphatic carbocycles. The second-order valence-corrected chi connectivity index (χ2v) is 4.35. The van der Waals surface area contributed by atoms with Gasteiger partial charge in [0.25, 0.3) is 0 Å². The minimum Gasteiger partial charge on any atom is -0.283 e. The van der Waals surface area contributed by atoms with Crippen molar-refractivity contribution in [1.82, 2.24) is 0 Å². The highest BCUT2D eigenvalue weighted by Gasteiger charge is 2.25. The number of halogens is 1. The van der Waals surface area contributed by atoms with Gasteiger partial charge in [0.1, 0.15) is 5.82 Å². The Balaban J connectivity index is 2.63. The Labute approximate surface area is 69.3 Å². The topological polar surface area (TPSA) is 46.2 Å². The number of benzene rings is 1. The lowest BCUT2D eigenvalue weighted by Gasteiger charge is -1.95. The van der Waals surface area contributed by atoms with Gasteiger partial charge in [0.15, 0.2) is 0 Å². The summed E-state index contributed by atoms with van der Waals surface area (Å²) < 4.78 is 37.1. The molecule has 0 radical (unpaired) electrons. The van der Waals surface area contributed by atoms with Gasteiger partial charge in [-0.1, -0.05) is 6.07 Å². The Bertz CT molecular complexity index is 427. The second-order valence-electron chi connectivity index (χ2n) is 2.63. The first kappa shape index (κ1) is 7.54. The van der Waals surface area contributed by atoms with Crippen molar-refractivity contribution in [3.8, 4) is 0 Å². The van der Waals surface area contributed by atoms with Crippen molar-refractivity contribution in [2.45, 2.75) is 5.75 Å². The standard InChI is InChI=1S/C7H6FNO2S/c8-6-2-1-3-7-5(6)4-12(10,11)9-7/h1-3,9H,4H2. The van der Waals surface area contributed by atoms with Crippen LogP contribution < -0.4 is 4.72 Å². The molecule has 1 aliphatic rings. The molecule has 1 aromatic carbocycles. The average molecular weight is 187 g/mol. The first-order valence-electron chi connectivity index (χ1n) is 3.36. The van der Waals surface area contributed by atoms with Crippen LogP contribution in [0, 0.1) is 5.82 Å². The molecule has 0 spiro atoms. The van der Waals surface area contributed by atoms with Crippen LogP contribution in [0.3, 0.4) is 0 Å². The SMILES string of the molecule is O=S1(=O)Cc2c(F)cccc2N1. The quantitative estimate of drug-likeness (QED) is 0.660.